The molecule has 8 heteroatoms. The van der Waals surface area contributed by atoms with Crippen molar-refractivity contribution in [2.75, 3.05) is 25.0 Å². The van der Waals surface area contributed by atoms with E-state index in [0.717, 1.165) is 16.3 Å². The van der Waals surface area contributed by atoms with Crippen LogP contribution in [0.15, 0.2) is 71.3 Å². The van der Waals surface area contributed by atoms with Gasteiger partial charge in [-0.2, -0.15) is 4.98 Å². The number of carbonyl (C=O) groups is 2. The van der Waals surface area contributed by atoms with Crippen molar-refractivity contribution in [1.82, 2.24) is 15.0 Å². The van der Waals surface area contributed by atoms with Crippen LogP contribution in [0.2, 0.25) is 0 Å². The fourth-order valence-electron chi connectivity index (χ4n) is 3.97. The SMILES string of the molecule is Cc1nc(-c2ccc(N3CC(CN(C)C(=O)c4ccc5ccccc5c4)OC3=O)cc2)no1. The second-order valence-electron chi connectivity index (χ2n) is 8.05. The Kier molecular flexibility index (Phi) is 5.26. The van der Waals surface area contributed by atoms with Crippen molar-refractivity contribution in [2.45, 2.75) is 13.0 Å². The number of aromatic nitrogens is 2. The fraction of sp³-hybridized carbons (Fsp3) is 0.200. The molecule has 166 valence electrons. The summed E-state index contributed by atoms with van der Waals surface area (Å²) in [7, 11) is 1.72. The smallest absolute Gasteiger partial charge is 0.414 e. The maximum absolute atomic E-state index is 12.9. The molecule has 8 nitrogen and oxygen atoms in total. The van der Waals surface area contributed by atoms with Crippen LogP contribution in [0.4, 0.5) is 10.5 Å². The quantitative estimate of drug-likeness (QED) is 0.458. The van der Waals surface area contributed by atoms with Crippen molar-refractivity contribution in [1.29, 1.82) is 0 Å². The molecule has 0 radical (unpaired) electrons. The van der Waals surface area contributed by atoms with Crippen molar-refractivity contribution in [3.63, 3.8) is 0 Å². The molecule has 1 saturated heterocycles. The summed E-state index contributed by atoms with van der Waals surface area (Å²) < 4.78 is 10.5. The van der Waals surface area contributed by atoms with E-state index in [-0.39, 0.29) is 5.91 Å². The molecule has 1 fully saturated rings. The highest BCUT2D eigenvalue weighted by atomic mass is 16.6. The minimum absolute atomic E-state index is 0.116. The number of carbonyl (C=O) groups excluding carboxylic acids is 2. The maximum Gasteiger partial charge on any atom is 0.414 e. The third-order valence-corrected chi connectivity index (χ3v) is 5.66. The van der Waals surface area contributed by atoms with Gasteiger partial charge < -0.3 is 14.2 Å². The second kappa shape index (κ2) is 8.38. The van der Waals surface area contributed by atoms with Crippen LogP contribution in [0.5, 0.6) is 0 Å². The predicted molar refractivity (Wildman–Crippen MR) is 123 cm³/mol. The predicted octanol–water partition coefficient (Wildman–Crippen LogP) is 4.30. The van der Waals surface area contributed by atoms with E-state index < -0.39 is 12.2 Å². The van der Waals surface area contributed by atoms with Gasteiger partial charge in [0.15, 0.2) is 0 Å². The van der Waals surface area contributed by atoms with Crippen LogP contribution in [0.3, 0.4) is 0 Å². The van der Waals surface area contributed by atoms with Crippen molar-refractivity contribution in [3.05, 3.63) is 78.2 Å². The minimum Gasteiger partial charge on any atom is -0.442 e. The first-order valence-electron chi connectivity index (χ1n) is 10.6. The maximum atomic E-state index is 12.9. The lowest BCUT2D eigenvalue weighted by Crippen LogP contribution is -2.36. The number of hydrogen-bond acceptors (Lipinski definition) is 6. The molecular weight excluding hydrogens is 420 g/mol. The Bertz CT molecular complexity index is 1330. The van der Waals surface area contributed by atoms with Crippen LogP contribution in [-0.2, 0) is 4.74 Å². The number of aryl methyl sites for hydroxylation is 1. The summed E-state index contributed by atoms with van der Waals surface area (Å²) in [6.45, 7) is 2.38. The van der Waals surface area contributed by atoms with E-state index in [1.807, 2.05) is 66.7 Å². The molecule has 5 rings (SSSR count). The molecular formula is C25H22N4O4. The number of ether oxygens (including phenoxy) is 1. The monoisotopic (exact) mass is 442 g/mol. The van der Waals surface area contributed by atoms with E-state index in [2.05, 4.69) is 10.1 Å². The van der Waals surface area contributed by atoms with Crippen molar-refractivity contribution in [3.8, 4) is 11.4 Å². The van der Waals surface area contributed by atoms with Gasteiger partial charge in [0.2, 0.25) is 11.7 Å². The van der Waals surface area contributed by atoms with Crippen LogP contribution < -0.4 is 4.90 Å². The summed E-state index contributed by atoms with van der Waals surface area (Å²) >= 11 is 0. The van der Waals surface area contributed by atoms with E-state index in [4.69, 9.17) is 9.26 Å². The lowest BCUT2D eigenvalue weighted by Gasteiger charge is -2.20. The molecule has 2 amide bonds. The average molecular weight is 442 g/mol. The molecule has 1 atom stereocenters. The zero-order chi connectivity index (χ0) is 22.9. The Morgan fingerprint density at radius 2 is 1.85 bits per heavy atom. The molecule has 0 saturated carbocycles. The first-order chi connectivity index (χ1) is 16.0. The average Bonchev–Trinajstić information content (AvgIpc) is 3.43. The van der Waals surface area contributed by atoms with Gasteiger partial charge in [-0.05, 0) is 47.2 Å². The first-order valence-corrected chi connectivity index (χ1v) is 10.6. The normalized spacial score (nSPS) is 15.6. The Morgan fingerprint density at radius 1 is 1.09 bits per heavy atom. The van der Waals surface area contributed by atoms with Crippen LogP contribution >= 0.6 is 0 Å². The Hall–Kier alpha value is -4.20. The van der Waals surface area contributed by atoms with Gasteiger partial charge in [-0.15, -0.1) is 0 Å². The second-order valence-corrected chi connectivity index (χ2v) is 8.05. The summed E-state index contributed by atoms with van der Waals surface area (Å²) in [6, 6.07) is 20.8. The van der Waals surface area contributed by atoms with Gasteiger partial charge in [-0.1, -0.05) is 35.5 Å². The highest BCUT2D eigenvalue weighted by Crippen LogP contribution is 2.25. The zero-order valence-electron chi connectivity index (χ0n) is 18.3. The number of rotatable bonds is 5. The third-order valence-electron chi connectivity index (χ3n) is 5.66. The molecule has 3 aromatic carbocycles. The molecule has 0 N–H and O–H groups in total. The lowest BCUT2D eigenvalue weighted by atomic mass is 10.1. The van der Waals surface area contributed by atoms with Crippen LogP contribution in [0, 0.1) is 6.92 Å². The van der Waals surface area contributed by atoms with Crippen LogP contribution in [-0.4, -0.2) is 53.3 Å². The molecule has 1 aliphatic heterocycles. The van der Waals surface area contributed by atoms with Crippen molar-refractivity contribution >= 4 is 28.5 Å². The topological polar surface area (TPSA) is 88.8 Å². The first kappa shape index (κ1) is 20.7. The molecule has 2 heterocycles. The standard InChI is InChI=1S/C25H22N4O4/c1-16-26-23(27-33-16)18-9-11-21(12-10-18)29-15-22(32-25(29)31)14-28(2)24(30)20-8-7-17-5-3-4-6-19(17)13-20/h3-13,22H,14-15H2,1-2H3. The number of amides is 2. The molecule has 1 aliphatic rings. The Balaban J connectivity index is 1.24. The zero-order valence-corrected chi connectivity index (χ0v) is 18.3. The van der Waals surface area contributed by atoms with E-state index in [1.54, 1.807) is 23.8 Å². The van der Waals surface area contributed by atoms with Gasteiger partial charge in [0, 0.05) is 30.8 Å². The minimum atomic E-state index is -0.435. The van der Waals surface area contributed by atoms with E-state index >= 15 is 0 Å². The highest BCUT2D eigenvalue weighted by Gasteiger charge is 2.34. The number of benzene rings is 3. The number of fused-ring (bicyclic) bond motifs is 1. The van der Waals surface area contributed by atoms with Gasteiger partial charge >= 0.3 is 6.09 Å². The number of hydrogen-bond donors (Lipinski definition) is 0. The van der Waals surface area contributed by atoms with Crippen molar-refractivity contribution < 1.29 is 18.8 Å². The molecule has 0 spiro atoms. The third kappa shape index (κ3) is 4.15. The van der Waals surface area contributed by atoms with Gasteiger partial charge in [-0.3, -0.25) is 9.69 Å². The number of likely N-dealkylation sites (N-methyl/N-ethyl adjacent to an activating group) is 1. The van der Waals surface area contributed by atoms with E-state index in [1.165, 1.54) is 0 Å². The summed E-state index contributed by atoms with van der Waals surface area (Å²) in [5.74, 6) is 0.868. The highest BCUT2D eigenvalue weighted by molar-refractivity contribution is 5.98. The van der Waals surface area contributed by atoms with E-state index in [0.29, 0.717) is 36.1 Å². The van der Waals surface area contributed by atoms with E-state index in [9.17, 15) is 9.59 Å². The molecule has 0 aliphatic carbocycles. The molecule has 0 bridgehead atoms. The summed E-state index contributed by atoms with van der Waals surface area (Å²) in [5, 5.41) is 5.99. The molecule has 4 aromatic rings. The summed E-state index contributed by atoms with van der Waals surface area (Å²) in [5.41, 5.74) is 2.10. The van der Waals surface area contributed by atoms with Crippen LogP contribution in [0.1, 0.15) is 16.2 Å². The van der Waals surface area contributed by atoms with Crippen molar-refractivity contribution in [2.24, 2.45) is 0 Å². The number of anilines is 1. The van der Waals surface area contributed by atoms with Gasteiger partial charge in [-0.25, -0.2) is 4.79 Å². The van der Waals surface area contributed by atoms with Gasteiger partial charge in [0.25, 0.3) is 5.91 Å². The Labute approximate surface area is 190 Å². The lowest BCUT2D eigenvalue weighted by molar-refractivity contribution is 0.0695. The molecule has 1 aromatic heterocycles. The Morgan fingerprint density at radius 3 is 2.58 bits per heavy atom. The molecule has 1 unspecified atom stereocenters. The molecule has 33 heavy (non-hydrogen) atoms. The fourth-order valence-corrected chi connectivity index (χ4v) is 3.97. The largest absolute Gasteiger partial charge is 0.442 e. The number of nitrogens with zero attached hydrogens (tertiary/aromatic N) is 4. The summed E-state index contributed by atoms with van der Waals surface area (Å²) in [4.78, 5) is 32.8. The van der Waals surface area contributed by atoms with Gasteiger partial charge in [0.1, 0.15) is 6.10 Å². The van der Waals surface area contributed by atoms with Crippen LogP contribution in [0.25, 0.3) is 22.2 Å². The van der Waals surface area contributed by atoms with Gasteiger partial charge in [0.05, 0.1) is 13.1 Å². The number of cyclic esters (lactones) is 1. The summed E-state index contributed by atoms with van der Waals surface area (Å²) in [6.07, 6.45) is -0.860.